The van der Waals surface area contributed by atoms with Gasteiger partial charge in [-0.1, -0.05) is 18.2 Å². The molecule has 0 aliphatic rings. The number of halogens is 2. The smallest absolute Gasteiger partial charge is 0.241 e. The van der Waals surface area contributed by atoms with E-state index < -0.39 is 38.0 Å². The van der Waals surface area contributed by atoms with E-state index in [2.05, 4.69) is 20.5 Å². The minimum Gasteiger partial charge on any atom is -0.342 e. The summed E-state index contributed by atoms with van der Waals surface area (Å²) < 4.78 is 56.5. The topological polar surface area (TPSA) is 106 Å². The van der Waals surface area contributed by atoms with Crippen LogP contribution in [0.5, 0.6) is 0 Å². The quantitative estimate of drug-likeness (QED) is 0.391. The van der Waals surface area contributed by atoms with Crippen LogP contribution in [0, 0.1) is 11.6 Å². The standard InChI is InChI=1S/C23H19F2N5O3S/c1-26-29-17-6-4-5-15(9-17)12-30-13-20(23-18(25)10-16(24)11-19(23)30)34(32,33)14-22(31)28-21-7-2-3-8-27-21/h2-11,13H,12,14H2,1H3,(H,27,28,31). The number of carbonyl (C=O) groups is 1. The lowest BCUT2D eigenvalue weighted by molar-refractivity contribution is -0.113. The second-order valence-corrected chi connectivity index (χ2v) is 9.35. The van der Waals surface area contributed by atoms with Crippen molar-refractivity contribution in [3.8, 4) is 0 Å². The highest BCUT2D eigenvalue weighted by Gasteiger charge is 2.27. The number of pyridine rings is 1. The van der Waals surface area contributed by atoms with Crippen molar-refractivity contribution in [3.05, 3.63) is 84.2 Å². The van der Waals surface area contributed by atoms with Crippen molar-refractivity contribution in [2.24, 2.45) is 10.2 Å². The average molecular weight is 484 g/mol. The summed E-state index contributed by atoms with van der Waals surface area (Å²) in [5.41, 5.74) is 1.33. The monoisotopic (exact) mass is 483 g/mol. The summed E-state index contributed by atoms with van der Waals surface area (Å²) in [5.74, 6) is -3.48. The Morgan fingerprint density at radius 1 is 1.12 bits per heavy atom. The van der Waals surface area contributed by atoms with Gasteiger partial charge in [0.15, 0.2) is 9.84 Å². The molecule has 174 valence electrons. The van der Waals surface area contributed by atoms with Crippen molar-refractivity contribution in [2.75, 3.05) is 18.1 Å². The Morgan fingerprint density at radius 2 is 1.94 bits per heavy atom. The van der Waals surface area contributed by atoms with E-state index in [-0.39, 0.29) is 23.3 Å². The molecule has 0 fully saturated rings. The molecule has 0 spiro atoms. The fourth-order valence-corrected chi connectivity index (χ4v) is 4.94. The highest BCUT2D eigenvalue weighted by molar-refractivity contribution is 7.92. The minimum absolute atomic E-state index is 0.0451. The van der Waals surface area contributed by atoms with Crippen LogP contribution < -0.4 is 5.32 Å². The molecule has 0 aliphatic heterocycles. The van der Waals surface area contributed by atoms with Gasteiger partial charge in [-0.15, -0.1) is 0 Å². The fraction of sp³-hybridized carbons (Fsp3) is 0.130. The Morgan fingerprint density at radius 3 is 2.68 bits per heavy atom. The largest absolute Gasteiger partial charge is 0.342 e. The van der Waals surface area contributed by atoms with E-state index >= 15 is 0 Å². The number of rotatable bonds is 7. The number of hydrogen-bond acceptors (Lipinski definition) is 6. The molecule has 0 atom stereocenters. The average Bonchev–Trinajstić information content (AvgIpc) is 3.14. The maximum absolute atomic E-state index is 14.8. The van der Waals surface area contributed by atoms with Crippen LogP contribution in [-0.2, 0) is 21.2 Å². The fourth-order valence-electron chi connectivity index (χ4n) is 3.57. The molecule has 0 bridgehead atoms. The molecule has 4 aromatic rings. The predicted octanol–water partition coefficient (Wildman–Crippen LogP) is 4.49. The summed E-state index contributed by atoms with van der Waals surface area (Å²) >= 11 is 0. The number of sulfone groups is 1. The highest BCUT2D eigenvalue weighted by atomic mass is 32.2. The lowest BCUT2D eigenvalue weighted by Crippen LogP contribution is -2.23. The van der Waals surface area contributed by atoms with E-state index in [9.17, 15) is 22.0 Å². The first-order valence-electron chi connectivity index (χ1n) is 10.1. The first kappa shape index (κ1) is 23.2. The number of hydrogen-bond donors (Lipinski definition) is 1. The summed E-state index contributed by atoms with van der Waals surface area (Å²) in [4.78, 5) is 15.9. The number of anilines is 1. The van der Waals surface area contributed by atoms with Gasteiger partial charge in [-0.3, -0.25) is 4.79 Å². The normalized spacial score (nSPS) is 11.9. The van der Waals surface area contributed by atoms with Crippen LogP contribution >= 0.6 is 0 Å². The van der Waals surface area contributed by atoms with Crippen molar-refractivity contribution in [1.82, 2.24) is 9.55 Å². The van der Waals surface area contributed by atoms with Gasteiger partial charge in [0.25, 0.3) is 0 Å². The molecule has 2 heterocycles. The van der Waals surface area contributed by atoms with Crippen molar-refractivity contribution < 1.29 is 22.0 Å². The van der Waals surface area contributed by atoms with Crippen LogP contribution in [0.4, 0.5) is 20.3 Å². The Labute approximate surface area is 193 Å². The number of benzene rings is 2. The molecular weight excluding hydrogens is 464 g/mol. The Kier molecular flexibility index (Phi) is 6.46. The van der Waals surface area contributed by atoms with Crippen LogP contribution in [-0.4, -0.2) is 36.7 Å². The first-order chi connectivity index (χ1) is 16.3. The second kappa shape index (κ2) is 9.48. The van der Waals surface area contributed by atoms with Crippen LogP contribution in [0.15, 0.2) is 82.1 Å². The van der Waals surface area contributed by atoms with Gasteiger partial charge in [0.1, 0.15) is 23.2 Å². The zero-order valence-corrected chi connectivity index (χ0v) is 18.8. The van der Waals surface area contributed by atoms with Gasteiger partial charge in [-0.2, -0.15) is 10.2 Å². The SMILES string of the molecule is CN=Nc1cccc(Cn2cc(S(=O)(=O)CC(=O)Nc3ccccn3)c3c(F)cc(F)cc32)c1. The third-order valence-electron chi connectivity index (χ3n) is 4.93. The maximum atomic E-state index is 14.8. The van der Waals surface area contributed by atoms with Gasteiger partial charge in [0.05, 0.1) is 21.5 Å². The molecule has 1 N–H and O–H groups in total. The van der Waals surface area contributed by atoms with E-state index in [1.54, 1.807) is 36.4 Å². The number of fused-ring (bicyclic) bond motifs is 1. The number of nitrogens with one attached hydrogen (secondary N) is 1. The van der Waals surface area contributed by atoms with E-state index in [1.807, 2.05) is 0 Å². The lowest BCUT2D eigenvalue weighted by atomic mass is 10.2. The zero-order valence-electron chi connectivity index (χ0n) is 17.9. The minimum atomic E-state index is -4.29. The van der Waals surface area contributed by atoms with Gasteiger partial charge in [-0.05, 0) is 35.9 Å². The van der Waals surface area contributed by atoms with Crippen molar-refractivity contribution in [2.45, 2.75) is 11.4 Å². The molecule has 0 radical (unpaired) electrons. The Bertz CT molecular complexity index is 1500. The predicted molar refractivity (Wildman–Crippen MR) is 123 cm³/mol. The summed E-state index contributed by atoms with van der Waals surface area (Å²) in [6.45, 7) is 0.113. The van der Waals surface area contributed by atoms with Gasteiger partial charge < -0.3 is 9.88 Å². The molecule has 0 saturated carbocycles. The highest BCUT2D eigenvalue weighted by Crippen LogP contribution is 2.31. The Balaban J connectivity index is 1.73. The summed E-state index contributed by atoms with van der Waals surface area (Å²) in [6.07, 6.45) is 2.66. The van der Waals surface area contributed by atoms with E-state index in [0.29, 0.717) is 17.3 Å². The third kappa shape index (κ3) is 4.99. The number of carbonyl (C=O) groups excluding carboxylic acids is 1. The molecule has 2 aromatic heterocycles. The Hall–Kier alpha value is -3.99. The number of azo groups is 1. The van der Waals surface area contributed by atoms with Gasteiger partial charge >= 0.3 is 0 Å². The first-order valence-corrected chi connectivity index (χ1v) is 11.7. The summed E-state index contributed by atoms with van der Waals surface area (Å²) in [7, 11) is -2.76. The molecule has 4 rings (SSSR count). The molecule has 2 aromatic carbocycles. The second-order valence-electron chi connectivity index (χ2n) is 7.40. The van der Waals surface area contributed by atoms with Gasteiger partial charge in [-0.25, -0.2) is 22.2 Å². The molecule has 1 amide bonds. The van der Waals surface area contributed by atoms with E-state index in [1.165, 1.54) is 30.1 Å². The molecule has 8 nitrogen and oxygen atoms in total. The van der Waals surface area contributed by atoms with Crippen molar-refractivity contribution in [3.63, 3.8) is 0 Å². The van der Waals surface area contributed by atoms with Gasteiger partial charge in [0.2, 0.25) is 5.91 Å². The molecular formula is C23H19F2N5O3S. The van der Waals surface area contributed by atoms with Crippen molar-refractivity contribution in [1.29, 1.82) is 0 Å². The third-order valence-corrected chi connectivity index (χ3v) is 6.55. The van der Waals surface area contributed by atoms with Gasteiger partial charge in [0, 0.05) is 32.1 Å². The lowest BCUT2D eigenvalue weighted by Gasteiger charge is -2.06. The molecule has 0 unspecified atom stereocenters. The number of nitrogens with zero attached hydrogens (tertiary/aromatic N) is 4. The van der Waals surface area contributed by atoms with Crippen LogP contribution in [0.2, 0.25) is 0 Å². The summed E-state index contributed by atoms with van der Waals surface area (Å²) in [5, 5.41) is 9.79. The molecule has 34 heavy (non-hydrogen) atoms. The van der Waals surface area contributed by atoms with E-state index in [4.69, 9.17) is 0 Å². The van der Waals surface area contributed by atoms with Crippen LogP contribution in [0.1, 0.15) is 5.56 Å². The number of aromatic nitrogens is 2. The number of amides is 1. The van der Waals surface area contributed by atoms with Crippen molar-refractivity contribution >= 4 is 38.2 Å². The molecule has 11 heteroatoms. The molecule has 0 aliphatic carbocycles. The maximum Gasteiger partial charge on any atom is 0.241 e. The van der Waals surface area contributed by atoms with Crippen LogP contribution in [0.3, 0.4) is 0 Å². The van der Waals surface area contributed by atoms with E-state index in [0.717, 1.165) is 6.07 Å². The molecule has 0 saturated heterocycles. The summed E-state index contributed by atoms with van der Waals surface area (Å²) in [6, 6.07) is 13.4. The van der Waals surface area contributed by atoms with Crippen LogP contribution in [0.25, 0.3) is 10.9 Å². The zero-order chi connectivity index (χ0) is 24.3.